The molecule has 0 saturated heterocycles. The Balaban J connectivity index is 4.38. The van der Waals surface area contributed by atoms with E-state index in [1.807, 2.05) is 19.9 Å². The van der Waals surface area contributed by atoms with Crippen molar-refractivity contribution in [3.05, 3.63) is 23.3 Å². The molecule has 13 heavy (non-hydrogen) atoms. The molecule has 2 heteroatoms. The molecule has 0 saturated carbocycles. The molecule has 0 rings (SSSR count). The van der Waals surface area contributed by atoms with E-state index in [9.17, 15) is 4.79 Å². The van der Waals surface area contributed by atoms with Crippen LogP contribution in [-0.2, 0) is 9.53 Å². The second-order valence-corrected chi connectivity index (χ2v) is 2.75. The first-order valence-corrected chi connectivity index (χ1v) is 4.66. The molecule has 0 aromatic carbocycles. The summed E-state index contributed by atoms with van der Waals surface area (Å²) in [6.07, 6.45) is 4.51. The molecule has 0 spiro atoms. The first kappa shape index (κ1) is 11.9. The number of ether oxygens (including phenoxy) is 1. The molecule has 0 atom stereocenters. The van der Waals surface area contributed by atoms with Gasteiger partial charge in [-0.1, -0.05) is 13.0 Å². The molecule has 0 fully saturated rings. The Labute approximate surface area is 80.3 Å². The van der Waals surface area contributed by atoms with Crippen LogP contribution in [0.1, 0.15) is 34.1 Å². The van der Waals surface area contributed by atoms with Gasteiger partial charge in [0, 0.05) is 6.08 Å². The molecule has 0 unspecified atom stereocenters. The molecule has 0 aliphatic heterocycles. The predicted octanol–water partition coefficient (Wildman–Crippen LogP) is 2.85. The Morgan fingerprint density at radius 3 is 2.38 bits per heavy atom. The largest absolute Gasteiger partial charge is 0.463 e. The number of carbonyl (C=O) groups is 1. The van der Waals surface area contributed by atoms with Gasteiger partial charge in [-0.15, -0.1) is 0 Å². The van der Waals surface area contributed by atoms with E-state index in [0.29, 0.717) is 6.61 Å². The third-order valence-corrected chi connectivity index (χ3v) is 1.86. The highest BCUT2D eigenvalue weighted by molar-refractivity contribution is 5.83. The quantitative estimate of drug-likeness (QED) is 0.379. The normalized spacial score (nSPS) is 12.9. The summed E-state index contributed by atoms with van der Waals surface area (Å²) in [7, 11) is 0. The van der Waals surface area contributed by atoms with Crippen LogP contribution in [0.3, 0.4) is 0 Å². The average molecular weight is 182 g/mol. The monoisotopic (exact) mass is 182 g/mol. The van der Waals surface area contributed by atoms with Crippen molar-refractivity contribution in [2.45, 2.75) is 34.1 Å². The fraction of sp³-hybridized carbons (Fsp3) is 0.545. The van der Waals surface area contributed by atoms with E-state index >= 15 is 0 Å². The van der Waals surface area contributed by atoms with Gasteiger partial charge in [0.05, 0.1) is 6.61 Å². The molecule has 0 heterocycles. The third kappa shape index (κ3) is 4.51. The van der Waals surface area contributed by atoms with Crippen molar-refractivity contribution in [1.29, 1.82) is 0 Å². The fourth-order valence-electron chi connectivity index (χ4n) is 1.16. The first-order valence-electron chi connectivity index (χ1n) is 4.66. The van der Waals surface area contributed by atoms with Crippen LogP contribution in [0, 0.1) is 0 Å². The summed E-state index contributed by atoms with van der Waals surface area (Å²) in [5.74, 6) is -0.257. The highest BCUT2D eigenvalue weighted by Crippen LogP contribution is 2.12. The van der Waals surface area contributed by atoms with Crippen molar-refractivity contribution in [2.75, 3.05) is 6.61 Å². The Bertz CT molecular complexity index is 224. The molecule has 0 bridgehead atoms. The van der Waals surface area contributed by atoms with Crippen LogP contribution in [0.5, 0.6) is 0 Å². The highest BCUT2D eigenvalue weighted by Gasteiger charge is 2.00. The minimum atomic E-state index is -0.257. The van der Waals surface area contributed by atoms with Gasteiger partial charge < -0.3 is 4.74 Å². The van der Waals surface area contributed by atoms with Crippen molar-refractivity contribution in [1.82, 2.24) is 0 Å². The van der Waals surface area contributed by atoms with Gasteiger partial charge in [-0.05, 0) is 38.3 Å². The smallest absolute Gasteiger partial charge is 0.331 e. The van der Waals surface area contributed by atoms with Gasteiger partial charge in [0.1, 0.15) is 0 Å². The maximum Gasteiger partial charge on any atom is 0.331 e. The molecular weight excluding hydrogens is 164 g/mol. The van der Waals surface area contributed by atoms with Crippen LogP contribution in [-0.4, -0.2) is 12.6 Å². The Morgan fingerprint density at radius 1 is 1.38 bits per heavy atom. The van der Waals surface area contributed by atoms with Crippen molar-refractivity contribution in [2.24, 2.45) is 0 Å². The van der Waals surface area contributed by atoms with Crippen LogP contribution < -0.4 is 0 Å². The fourth-order valence-corrected chi connectivity index (χ4v) is 1.16. The van der Waals surface area contributed by atoms with Gasteiger partial charge in [0.2, 0.25) is 0 Å². The zero-order valence-electron chi connectivity index (χ0n) is 8.89. The van der Waals surface area contributed by atoms with E-state index in [2.05, 4.69) is 6.92 Å². The van der Waals surface area contributed by atoms with Gasteiger partial charge in [-0.25, -0.2) is 4.79 Å². The number of rotatable bonds is 4. The Morgan fingerprint density at radius 2 is 2.00 bits per heavy atom. The lowest BCUT2D eigenvalue weighted by Crippen LogP contribution is -2.01. The van der Waals surface area contributed by atoms with Gasteiger partial charge >= 0.3 is 5.97 Å². The molecule has 0 radical (unpaired) electrons. The summed E-state index contributed by atoms with van der Waals surface area (Å²) in [5.41, 5.74) is 2.18. The van der Waals surface area contributed by atoms with Crippen LogP contribution in [0.15, 0.2) is 23.3 Å². The predicted molar refractivity (Wildman–Crippen MR) is 54.4 cm³/mol. The molecule has 0 amide bonds. The summed E-state index contributed by atoms with van der Waals surface area (Å²) in [4.78, 5) is 11.1. The SMILES string of the molecule is C/C=C(CC)/C(C)=C/C(=O)OCC. The molecule has 0 N–H and O–H groups in total. The van der Waals surface area contributed by atoms with E-state index in [1.54, 1.807) is 13.0 Å². The second-order valence-electron chi connectivity index (χ2n) is 2.75. The lowest BCUT2D eigenvalue weighted by molar-refractivity contribution is -0.137. The summed E-state index contributed by atoms with van der Waals surface area (Å²) < 4.78 is 4.81. The van der Waals surface area contributed by atoms with Gasteiger partial charge in [-0.2, -0.15) is 0 Å². The number of esters is 1. The number of hydrogen-bond donors (Lipinski definition) is 0. The zero-order valence-corrected chi connectivity index (χ0v) is 8.89. The molecule has 2 nitrogen and oxygen atoms in total. The van der Waals surface area contributed by atoms with Crippen molar-refractivity contribution < 1.29 is 9.53 Å². The van der Waals surface area contributed by atoms with Gasteiger partial charge in [0.15, 0.2) is 0 Å². The molecule has 0 aromatic rings. The lowest BCUT2D eigenvalue weighted by atomic mass is 10.1. The Hall–Kier alpha value is -1.05. The maximum absolute atomic E-state index is 11.1. The maximum atomic E-state index is 11.1. The molecule has 0 aromatic heterocycles. The van der Waals surface area contributed by atoms with Crippen LogP contribution in [0.25, 0.3) is 0 Å². The topological polar surface area (TPSA) is 26.3 Å². The molecule has 74 valence electrons. The standard InChI is InChI=1S/C11H18O2/c1-5-10(6-2)9(4)8-11(12)13-7-3/h5,8H,6-7H2,1-4H3/b9-8+,10-5+. The second kappa shape index (κ2) is 6.46. The van der Waals surface area contributed by atoms with E-state index < -0.39 is 0 Å². The van der Waals surface area contributed by atoms with E-state index in [-0.39, 0.29) is 5.97 Å². The summed E-state index contributed by atoms with van der Waals surface area (Å²) >= 11 is 0. The molecule has 0 aliphatic rings. The first-order chi connectivity index (χ1) is 6.15. The van der Waals surface area contributed by atoms with Crippen LogP contribution in [0.4, 0.5) is 0 Å². The minimum absolute atomic E-state index is 0.257. The molecule has 0 aliphatic carbocycles. The van der Waals surface area contributed by atoms with Gasteiger partial charge in [0.25, 0.3) is 0 Å². The van der Waals surface area contributed by atoms with E-state index in [1.165, 1.54) is 5.57 Å². The van der Waals surface area contributed by atoms with E-state index in [0.717, 1.165) is 12.0 Å². The molecular formula is C11H18O2. The number of allylic oxidation sites excluding steroid dienone is 3. The Kier molecular flexibility index (Phi) is 5.94. The zero-order chi connectivity index (χ0) is 10.3. The highest BCUT2D eigenvalue weighted by atomic mass is 16.5. The van der Waals surface area contributed by atoms with Crippen molar-refractivity contribution in [3.63, 3.8) is 0 Å². The number of carbonyl (C=O) groups excluding carboxylic acids is 1. The van der Waals surface area contributed by atoms with Crippen molar-refractivity contribution >= 4 is 5.97 Å². The third-order valence-electron chi connectivity index (χ3n) is 1.86. The summed E-state index contributed by atoms with van der Waals surface area (Å²) in [6.45, 7) is 8.20. The van der Waals surface area contributed by atoms with E-state index in [4.69, 9.17) is 4.74 Å². The van der Waals surface area contributed by atoms with Crippen molar-refractivity contribution in [3.8, 4) is 0 Å². The number of hydrogen-bond acceptors (Lipinski definition) is 2. The summed E-state index contributed by atoms with van der Waals surface area (Å²) in [5, 5.41) is 0. The lowest BCUT2D eigenvalue weighted by Gasteiger charge is -2.03. The average Bonchev–Trinajstić information content (AvgIpc) is 2.06. The van der Waals surface area contributed by atoms with Crippen LogP contribution >= 0.6 is 0 Å². The summed E-state index contributed by atoms with van der Waals surface area (Å²) in [6, 6.07) is 0. The van der Waals surface area contributed by atoms with Gasteiger partial charge in [-0.3, -0.25) is 0 Å². The minimum Gasteiger partial charge on any atom is -0.463 e. The van der Waals surface area contributed by atoms with Crippen LogP contribution in [0.2, 0.25) is 0 Å².